The number of hydrogen-bond donors (Lipinski definition) is 2. The number of hydrogen-bond acceptors (Lipinski definition) is 4. The predicted molar refractivity (Wildman–Crippen MR) is 103 cm³/mol. The third-order valence-electron chi connectivity index (χ3n) is 5.09. The van der Waals surface area contributed by atoms with Crippen molar-refractivity contribution in [2.75, 3.05) is 6.54 Å². The molecule has 4 rings (SSSR count). The van der Waals surface area contributed by atoms with E-state index in [0.717, 1.165) is 49.2 Å². The number of nitriles is 1. The molecule has 0 spiro atoms. The Hall–Kier alpha value is -3.17. The van der Waals surface area contributed by atoms with Crippen LogP contribution in [-0.2, 0) is 19.4 Å². The van der Waals surface area contributed by atoms with Crippen LogP contribution in [0.2, 0.25) is 0 Å². The highest BCUT2D eigenvalue weighted by Gasteiger charge is 2.24. The SMILES string of the molecule is N#Cc1ccc(CNCC2CCc3[nH]n(-c4ccccn4)c(=O)c3C2)cc1. The molecule has 0 bridgehead atoms. The van der Waals surface area contributed by atoms with E-state index < -0.39 is 0 Å². The van der Waals surface area contributed by atoms with Gasteiger partial charge in [-0.3, -0.25) is 9.89 Å². The number of aromatic amines is 1. The summed E-state index contributed by atoms with van der Waals surface area (Å²) in [5.74, 6) is 1.07. The minimum Gasteiger partial charge on any atom is -0.312 e. The lowest BCUT2D eigenvalue weighted by Crippen LogP contribution is -2.29. The smallest absolute Gasteiger partial charge is 0.276 e. The van der Waals surface area contributed by atoms with E-state index in [9.17, 15) is 4.79 Å². The second-order valence-corrected chi connectivity index (χ2v) is 6.95. The maximum absolute atomic E-state index is 12.8. The summed E-state index contributed by atoms with van der Waals surface area (Å²) < 4.78 is 1.55. The van der Waals surface area contributed by atoms with Gasteiger partial charge in [0.2, 0.25) is 0 Å². The van der Waals surface area contributed by atoms with Crippen molar-refractivity contribution in [3.8, 4) is 11.9 Å². The third-order valence-corrected chi connectivity index (χ3v) is 5.09. The average Bonchev–Trinajstić information content (AvgIpc) is 3.05. The molecule has 1 aliphatic rings. The first-order valence-corrected chi connectivity index (χ1v) is 9.18. The van der Waals surface area contributed by atoms with Gasteiger partial charge in [-0.2, -0.15) is 5.26 Å². The Morgan fingerprint density at radius 2 is 2.11 bits per heavy atom. The van der Waals surface area contributed by atoms with Crippen LogP contribution >= 0.6 is 0 Å². The molecule has 1 atom stereocenters. The van der Waals surface area contributed by atoms with Crippen LogP contribution in [0.5, 0.6) is 0 Å². The first kappa shape index (κ1) is 17.3. The number of aryl methyl sites for hydroxylation is 1. The molecule has 0 radical (unpaired) electrons. The van der Waals surface area contributed by atoms with Gasteiger partial charge in [0.1, 0.15) is 0 Å². The molecule has 6 heteroatoms. The second kappa shape index (κ2) is 7.60. The average molecular weight is 359 g/mol. The first-order chi connectivity index (χ1) is 13.2. The minimum absolute atomic E-state index is 0.0143. The fourth-order valence-corrected chi connectivity index (χ4v) is 3.61. The number of nitrogens with zero attached hydrogens (tertiary/aromatic N) is 3. The molecule has 27 heavy (non-hydrogen) atoms. The van der Waals surface area contributed by atoms with E-state index in [1.165, 1.54) is 0 Å². The molecule has 3 aromatic rings. The monoisotopic (exact) mass is 359 g/mol. The lowest BCUT2D eigenvalue weighted by molar-refractivity contribution is 0.421. The van der Waals surface area contributed by atoms with Gasteiger partial charge in [-0.15, -0.1) is 0 Å². The highest BCUT2D eigenvalue weighted by molar-refractivity contribution is 5.31. The third kappa shape index (κ3) is 3.69. The maximum Gasteiger partial charge on any atom is 0.276 e. The van der Waals surface area contributed by atoms with E-state index in [-0.39, 0.29) is 5.56 Å². The van der Waals surface area contributed by atoms with E-state index in [4.69, 9.17) is 5.26 Å². The molecule has 1 unspecified atom stereocenters. The first-order valence-electron chi connectivity index (χ1n) is 9.18. The van der Waals surface area contributed by atoms with Gasteiger partial charge in [0.25, 0.3) is 5.56 Å². The number of nitrogens with one attached hydrogen (secondary N) is 2. The number of pyridine rings is 1. The van der Waals surface area contributed by atoms with Crippen LogP contribution in [0.4, 0.5) is 0 Å². The van der Waals surface area contributed by atoms with Crippen LogP contribution in [-0.4, -0.2) is 21.3 Å². The number of aromatic nitrogens is 3. The zero-order chi connectivity index (χ0) is 18.6. The molecule has 136 valence electrons. The van der Waals surface area contributed by atoms with Gasteiger partial charge >= 0.3 is 0 Å². The Bertz CT molecular complexity index is 1010. The van der Waals surface area contributed by atoms with Crippen LogP contribution in [0.3, 0.4) is 0 Å². The predicted octanol–water partition coefficient (Wildman–Crippen LogP) is 2.33. The van der Waals surface area contributed by atoms with Crippen LogP contribution in [0.15, 0.2) is 53.5 Å². The lowest BCUT2D eigenvalue weighted by atomic mass is 9.87. The Morgan fingerprint density at radius 1 is 1.26 bits per heavy atom. The Balaban J connectivity index is 1.39. The number of benzene rings is 1. The highest BCUT2D eigenvalue weighted by Crippen LogP contribution is 2.22. The van der Waals surface area contributed by atoms with Gasteiger partial charge in [-0.1, -0.05) is 18.2 Å². The van der Waals surface area contributed by atoms with Gasteiger partial charge in [0, 0.05) is 24.0 Å². The highest BCUT2D eigenvalue weighted by atomic mass is 16.1. The van der Waals surface area contributed by atoms with Crippen LogP contribution in [0.1, 0.15) is 28.8 Å². The molecule has 0 fully saturated rings. The molecular weight excluding hydrogens is 338 g/mol. The van der Waals surface area contributed by atoms with E-state index in [2.05, 4.69) is 21.5 Å². The standard InChI is InChI=1S/C21H21N5O/c22-12-15-4-6-16(7-5-15)13-23-14-17-8-9-19-18(11-17)21(27)26(25-19)20-3-1-2-10-24-20/h1-7,10,17,23,25H,8-9,11,13-14H2. The summed E-state index contributed by atoms with van der Waals surface area (Å²) in [6.07, 6.45) is 4.41. The zero-order valence-corrected chi connectivity index (χ0v) is 15.0. The lowest BCUT2D eigenvalue weighted by Gasteiger charge is -2.21. The van der Waals surface area contributed by atoms with Crippen molar-refractivity contribution >= 4 is 0 Å². The molecule has 2 aromatic heterocycles. The molecule has 2 heterocycles. The summed E-state index contributed by atoms with van der Waals surface area (Å²) in [7, 11) is 0. The van der Waals surface area contributed by atoms with E-state index in [1.807, 2.05) is 42.5 Å². The van der Waals surface area contributed by atoms with Gasteiger partial charge in [0.15, 0.2) is 5.82 Å². The molecule has 0 saturated heterocycles. The van der Waals surface area contributed by atoms with Crippen molar-refractivity contribution < 1.29 is 0 Å². The molecule has 1 aliphatic carbocycles. The fraction of sp³-hybridized carbons (Fsp3) is 0.286. The topological polar surface area (TPSA) is 86.5 Å². The van der Waals surface area contributed by atoms with Crippen molar-refractivity contribution in [1.82, 2.24) is 20.1 Å². The molecule has 1 aromatic carbocycles. The Labute approximate surface area is 157 Å². The quantitative estimate of drug-likeness (QED) is 0.732. The summed E-state index contributed by atoms with van der Waals surface area (Å²) >= 11 is 0. The van der Waals surface area contributed by atoms with Crippen LogP contribution in [0, 0.1) is 17.2 Å². The molecule has 2 N–H and O–H groups in total. The van der Waals surface area contributed by atoms with Gasteiger partial charge in [0.05, 0.1) is 11.6 Å². The summed E-state index contributed by atoms with van der Waals surface area (Å²) in [5, 5.41) is 15.6. The summed E-state index contributed by atoms with van der Waals surface area (Å²) in [4.78, 5) is 17.0. The van der Waals surface area contributed by atoms with E-state index in [0.29, 0.717) is 17.3 Å². The molecule has 0 aliphatic heterocycles. The van der Waals surface area contributed by atoms with Gasteiger partial charge in [-0.25, -0.2) is 9.67 Å². The molecular formula is C21H21N5O. The number of H-pyrrole nitrogens is 1. The largest absolute Gasteiger partial charge is 0.312 e. The second-order valence-electron chi connectivity index (χ2n) is 6.95. The van der Waals surface area contributed by atoms with Crippen molar-refractivity contribution in [3.05, 3.63) is 81.4 Å². The van der Waals surface area contributed by atoms with E-state index in [1.54, 1.807) is 10.9 Å². The van der Waals surface area contributed by atoms with Crippen LogP contribution in [0.25, 0.3) is 5.82 Å². The van der Waals surface area contributed by atoms with Gasteiger partial charge in [-0.05, 0) is 61.6 Å². The fourth-order valence-electron chi connectivity index (χ4n) is 3.61. The van der Waals surface area contributed by atoms with Gasteiger partial charge < -0.3 is 5.32 Å². The number of rotatable bonds is 5. The zero-order valence-electron chi connectivity index (χ0n) is 15.0. The molecule has 6 nitrogen and oxygen atoms in total. The normalized spacial score (nSPS) is 15.9. The summed E-state index contributed by atoms with van der Waals surface area (Å²) in [5.41, 5.74) is 3.77. The van der Waals surface area contributed by atoms with Crippen molar-refractivity contribution in [2.45, 2.75) is 25.8 Å². The van der Waals surface area contributed by atoms with Crippen LogP contribution < -0.4 is 10.9 Å². The summed E-state index contributed by atoms with van der Waals surface area (Å²) in [6.45, 7) is 1.63. The number of fused-ring (bicyclic) bond motifs is 1. The molecule has 0 saturated carbocycles. The maximum atomic E-state index is 12.8. The van der Waals surface area contributed by atoms with Crippen molar-refractivity contribution in [1.29, 1.82) is 5.26 Å². The Kier molecular flexibility index (Phi) is 4.86. The summed E-state index contributed by atoms with van der Waals surface area (Å²) in [6, 6.07) is 15.3. The van der Waals surface area contributed by atoms with E-state index >= 15 is 0 Å². The van der Waals surface area contributed by atoms with Crippen molar-refractivity contribution in [3.63, 3.8) is 0 Å². The molecule has 0 amide bonds. The van der Waals surface area contributed by atoms with Crippen molar-refractivity contribution in [2.24, 2.45) is 5.92 Å². The Morgan fingerprint density at radius 3 is 2.85 bits per heavy atom. The minimum atomic E-state index is 0.0143.